The summed E-state index contributed by atoms with van der Waals surface area (Å²) in [4.78, 5) is 27.2. The zero-order chi connectivity index (χ0) is 15.6. The van der Waals surface area contributed by atoms with Gasteiger partial charge in [0, 0.05) is 23.2 Å². The van der Waals surface area contributed by atoms with Crippen LogP contribution in [0.5, 0.6) is 0 Å². The van der Waals surface area contributed by atoms with Crippen LogP contribution < -0.4 is 11.1 Å². The maximum atomic E-state index is 12.1. The van der Waals surface area contributed by atoms with Crippen molar-refractivity contribution in [1.29, 1.82) is 0 Å². The summed E-state index contributed by atoms with van der Waals surface area (Å²) in [6, 6.07) is 2.22. The molecular formula is C12H11ClN4O3S. The SMILES string of the molecule is Cc1ncc(CNC(=O)c2cc([N+](=O)[O-])cc(Cl)c2N)s1. The molecule has 0 saturated heterocycles. The van der Waals surface area contributed by atoms with E-state index < -0.39 is 10.8 Å². The van der Waals surface area contributed by atoms with Crippen LogP contribution in [0.15, 0.2) is 18.3 Å². The molecule has 0 radical (unpaired) electrons. The van der Waals surface area contributed by atoms with E-state index in [0.29, 0.717) is 0 Å². The number of nitrogens with zero attached hydrogens (tertiary/aromatic N) is 2. The number of amides is 1. The molecule has 1 aromatic carbocycles. The molecule has 0 fully saturated rings. The molecule has 0 saturated carbocycles. The standard InChI is InChI=1S/C12H11ClN4O3S/c1-6-15-4-8(21-6)5-16-12(18)9-2-7(17(19)20)3-10(13)11(9)14/h2-4H,5,14H2,1H3,(H,16,18). The van der Waals surface area contributed by atoms with Crippen molar-refractivity contribution in [3.63, 3.8) is 0 Å². The van der Waals surface area contributed by atoms with Crippen molar-refractivity contribution < 1.29 is 9.72 Å². The van der Waals surface area contributed by atoms with Crippen LogP contribution in [0.25, 0.3) is 0 Å². The summed E-state index contributed by atoms with van der Waals surface area (Å²) >= 11 is 7.26. The van der Waals surface area contributed by atoms with Gasteiger partial charge < -0.3 is 11.1 Å². The number of aryl methyl sites for hydroxylation is 1. The van der Waals surface area contributed by atoms with Crippen LogP contribution in [0.4, 0.5) is 11.4 Å². The number of hydrogen-bond donors (Lipinski definition) is 2. The largest absolute Gasteiger partial charge is 0.397 e. The van der Waals surface area contributed by atoms with Gasteiger partial charge in [-0.1, -0.05) is 11.6 Å². The van der Waals surface area contributed by atoms with E-state index in [1.807, 2.05) is 6.92 Å². The summed E-state index contributed by atoms with van der Waals surface area (Å²) in [7, 11) is 0. The topological polar surface area (TPSA) is 111 Å². The van der Waals surface area contributed by atoms with Crippen molar-refractivity contribution in [2.24, 2.45) is 0 Å². The van der Waals surface area contributed by atoms with Gasteiger partial charge in [-0.2, -0.15) is 0 Å². The molecule has 0 spiro atoms. The Morgan fingerprint density at radius 1 is 1.57 bits per heavy atom. The third-order valence-electron chi connectivity index (χ3n) is 2.66. The Hall–Kier alpha value is -2.19. The Balaban J connectivity index is 2.20. The third kappa shape index (κ3) is 3.47. The van der Waals surface area contributed by atoms with E-state index in [1.165, 1.54) is 11.3 Å². The maximum absolute atomic E-state index is 12.1. The quantitative estimate of drug-likeness (QED) is 0.509. The van der Waals surface area contributed by atoms with Crippen LogP contribution in [0.2, 0.25) is 5.02 Å². The molecule has 0 aliphatic rings. The van der Waals surface area contributed by atoms with Crippen LogP contribution in [0.1, 0.15) is 20.2 Å². The van der Waals surface area contributed by atoms with Gasteiger partial charge in [0.05, 0.1) is 32.7 Å². The average molecular weight is 327 g/mol. The monoisotopic (exact) mass is 326 g/mol. The molecule has 0 bridgehead atoms. The van der Waals surface area contributed by atoms with E-state index in [4.69, 9.17) is 17.3 Å². The summed E-state index contributed by atoms with van der Waals surface area (Å²) < 4.78 is 0. The number of nitro benzene ring substituents is 1. The molecule has 1 heterocycles. The van der Waals surface area contributed by atoms with Crippen molar-refractivity contribution in [3.05, 3.63) is 48.9 Å². The van der Waals surface area contributed by atoms with Crippen LogP contribution >= 0.6 is 22.9 Å². The molecule has 3 N–H and O–H groups in total. The van der Waals surface area contributed by atoms with E-state index in [-0.39, 0.29) is 28.5 Å². The Labute approximate surface area is 128 Å². The number of nitrogens with two attached hydrogens (primary N) is 1. The molecule has 2 aromatic rings. The number of nitrogen functional groups attached to an aromatic ring is 1. The van der Waals surface area contributed by atoms with Crippen molar-refractivity contribution >= 4 is 40.2 Å². The highest BCUT2D eigenvalue weighted by Gasteiger charge is 2.18. The molecular weight excluding hydrogens is 316 g/mol. The number of non-ortho nitro benzene ring substituents is 1. The van der Waals surface area contributed by atoms with Gasteiger partial charge >= 0.3 is 0 Å². The Morgan fingerprint density at radius 3 is 2.86 bits per heavy atom. The lowest BCUT2D eigenvalue weighted by atomic mass is 10.1. The third-order valence-corrected chi connectivity index (χ3v) is 3.89. The van der Waals surface area contributed by atoms with Gasteiger partial charge in [0.1, 0.15) is 0 Å². The second kappa shape index (κ2) is 6.06. The number of rotatable bonds is 4. The zero-order valence-electron chi connectivity index (χ0n) is 10.9. The van der Waals surface area contributed by atoms with E-state index in [0.717, 1.165) is 22.0 Å². The fourth-order valence-electron chi connectivity index (χ4n) is 1.65. The first kappa shape index (κ1) is 15.2. The van der Waals surface area contributed by atoms with Gasteiger partial charge in [0.2, 0.25) is 0 Å². The molecule has 0 atom stereocenters. The molecule has 0 unspecified atom stereocenters. The summed E-state index contributed by atoms with van der Waals surface area (Å²) in [6.45, 7) is 2.12. The number of nitrogens with one attached hydrogen (secondary N) is 1. The number of halogens is 1. The van der Waals surface area contributed by atoms with Gasteiger partial charge in [0.15, 0.2) is 0 Å². The predicted octanol–water partition coefficient (Wildman–Crippen LogP) is 2.53. The van der Waals surface area contributed by atoms with E-state index in [2.05, 4.69) is 10.3 Å². The first-order valence-electron chi connectivity index (χ1n) is 5.81. The zero-order valence-corrected chi connectivity index (χ0v) is 12.5. The predicted molar refractivity (Wildman–Crippen MR) is 80.5 cm³/mol. The molecule has 0 aliphatic carbocycles. The smallest absolute Gasteiger partial charge is 0.271 e. The fraction of sp³-hybridized carbons (Fsp3) is 0.167. The minimum Gasteiger partial charge on any atom is -0.397 e. The second-order valence-corrected chi connectivity index (χ2v) is 5.90. The number of aromatic nitrogens is 1. The number of carbonyl (C=O) groups is 1. The minimum absolute atomic E-state index is 0.0141. The lowest BCUT2D eigenvalue weighted by Gasteiger charge is -2.08. The fourth-order valence-corrected chi connectivity index (χ4v) is 2.59. The van der Waals surface area contributed by atoms with Crippen molar-refractivity contribution in [2.75, 3.05) is 5.73 Å². The van der Waals surface area contributed by atoms with Gasteiger partial charge in [0.25, 0.3) is 11.6 Å². The lowest BCUT2D eigenvalue weighted by Crippen LogP contribution is -2.23. The lowest BCUT2D eigenvalue weighted by molar-refractivity contribution is -0.384. The second-order valence-electron chi connectivity index (χ2n) is 4.17. The van der Waals surface area contributed by atoms with Crippen LogP contribution in [-0.4, -0.2) is 15.8 Å². The minimum atomic E-state index is -0.630. The number of nitro groups is 1. The van der Waals surface area contributed by atoms with Crippen molar-refractivity contribution in [1.82, 2.24) is 10.3 Å². The molecule has 21 heavy (non-hydrogen) atoms. The first-order chi connectivity index (χ1) is 9.88. The molecule has 1 amide bonds. The summed E-state index contributed by atoms with van der Waals surface area (Å²) in [6.07, 6.45) is 1.66. The molecule has 9 heteroatoms. The molecule has 110 valence electrons. The highest BCUT2D eigenvalue weighted by molar-refractivity contribution is 7.11. The summed E-state index contributed by atoms with van der Waals surface area (Å²) in [5.74, 6) is -0.524. The highest BCUT2D eigenvalue weighted by atomic mass is 35.5. The van der Waals surface area contributed by atoms with Gasteiger partial charge in [-0.25, -0.2) is 4.98 Å². The number of anilines is 1. The van der Waals surface area contributed by atoms with Crippen LogP contribution in [0.3, 0.4) is 0 Å². The highest BCUT2D eigenvalue weighted by Crippen LogP contribution is 2.28. The van der Waals surface area contributed by atoms with Gasteiger partial charge in [-0.15, -0.1) is 11.3 Å². The molecule has 1 aromatic heterocycles. The normalized spacial score (nSPS) is 10.4. The average Bonchev–Trinajstić information content (AvgIpc) is 2.84. The molecule has 7 nitrogen and oxygen atoms in total. The number of hydrogen-bond acceptors (Lipinski definition) is 6. The number of carbonyl (C=O) groups excluding carboxylic acids is 1. The van der Waals surface area contributed by atoms with Crippen LogP contribution in [0, 0.1) is 17.0 Å². The Kier molecular flexibility index (Phi) is 4.39. The Bertz CT molecular complexity index is 717. The van der Waals surface area contributed by atoms with Crippen LogP contribution in [-0.2, 0) is 6.54 Å². The number of thiazole rings is 1. The van der Waals surface area contributed by atoms with Gasteiger partial charge in [-0.05, 0) is 6.92 Å². The maximum Gasteiger partial charge on any atom is 0.271 e. The summed E-state index contributed by atoms with van der Waals surface area (Å²) in [5, 5.41) is 14.3. The van der Waals surface area contributed by atoms with Crippen molar-refractivity contribution in [2.45, 2.75) is 13.5 Å². The molecule has 0 aliphatic heterocycles. The van der Waals surface area contributed by atoms with Crippen molar-refractivity contribution in [3.8, 4) is 0 Å². The summed E-state index contributed by atoms with van der Waals surface area (Å²) in [5.41, 5.74) is 5.41. The van der Waals surface area contributed by atoms with E-state index in [9.17, 15) is 14.9 Å². The van der Waals surface area contributed by atoms with E-state index in [1.54, 1.807) is 6.20 Å². The Morgan fingerprint density at radius 2 is 2.29 bits per heavy atom. The van der Waals surface area contributed by atoms with E-state index >= 15 is 0 Å². The van der Waals surface area contributed by atoms with Gasteiger partial charge in [-0.3, -0.25) is 14.9 Å². The number of benzene rings is 1. The first-order valence-corrected chi connectivity index (χ1v) is 7.01. The molecule has 2 rings (SSSR count).